The largest absolute Gasteiger partial charge is 0.313 e. The summed E-state index contributed by atoms with van der Waals surface area (Å²) in [6.07, 6.45) is 0. The van der Waals surface area contributed by atoms with Crippen molar-refractivity contribution in [2.24, 2.45) is 0 Å². The molecule has 106 valence electrons. The van der Waals surface area contributed by atoms with Gasteiger partial charge in [-0.05, 0) is 42.8 Å². The summed E-state index contributed by atoms with van der Waals surface area (Å²) in [5, 5.41) is 4.49. The van der Waals surface area contributed by atoms with Gasteiger partial charge in [0.2, 0.25) is 0 Å². The average molecular weight is 308 g/mol. The second-order valence-corrected chi connectivity index (χ2v) is 5.85. The second-order valence-electron chi connectivity index (χ2n) is 5.04. The molecule has 2 aromatic carbocycles. The molecular formula is C17H19Cl2N. The Morgan fingerprint density at radius 2 is 1.45 bits per heavy atom. The maximum atomic E-state index is 6.21. The summed E-state index contributed by atoms with van der Waals surface area (Å²) in [6, 6.07) is 14.6. The molecule has 0 spiro atoms. The third-order valence-electron chi connectivity index (χ3n) is 3.79. The van der Waals surface area contributed by atoms with Crippen LogP contribution in [0.3, 0.4) is 0 Å². The van der Waals surface area contributed by atoms with E-state index in [1.165, 1.54) is 16.7 Å². The van der Waals surface area contributed by atoms with Crippen LogP contribution in [-0.2, 0) is 0 Å². The second kappa shape index (κ2) is 6.62. The lowest BCUT2D eigenvalue weighted by molar-refractivity contribution is 0.641. The minimum Gasteiger partial charge on any atom is -0.313 e. The zero-order valence-corrected chi connectivity index (χ0v) is 13.5. The van der Waals surface area contributed by atoms with Gasteiger partial charge in [-0.15, -0.1) is 0 Å². The molecule has 0 aromatic heterocycles. The van der Waals surface area contributed by atoms with Crippen LogP contribution in [0.2, 0.25) is 10.0 Å². The lowest BCUT2D eigenvalue weighted by Crippen LogP contribution is -2.15. The van der Waals surface area contributed by atoms with Crippen LogP contribution in [0.4, 0.5) is 0 Å². The molecule has 0 amide bonds. The number of benzene rings is 2. The maximum absolute atomic E-state index is 6.21. The Morgan fingerprint density at radius 3 is 2.00 bits per heavy atom. The highest BCUT2D eigenvalue weighted by molar-refractivity contribution is 6.42. The van der Waals surface area contributed by atoms with Gasteiger partial charge in [-0.1, -0.05) is 60.5 Å². The quantitative estimate of drug-likeness (QED) is 0.794. The fraction of sp³-hybridized carbons (Fsp3) is 0.294. The van der Waals surface area contributed by atoms with Crippen molar-refractivity contribution in [3.8, 4) is 0 Å². The molecule has 0 aliphatic rings. The third-order valence-corrected chi connectivity index (χ3v) is 4.51. The SMILES string of the molecule is CNC(C)c1cc(Cl)c(Cl)cc1C(C)c1ccccc1. The lowest BCUT2D eigenvalue weighted by atomic mass is 9.87. The highest BCUT2D eigenvalue weighted by Gasteiger charge is 2.18. The van der Waals surface area contributed by atoms with Crippen molar-refractivity contribution >= 4 is 23.2 Å². The molecule has 2 unspecified atom stereocenters. The Hall–Kier alpha value is -1.02. The van der Waals surface area contributed by atoms with E-state index < -0.39 is 0 Å². The molecule has 2 atom stereocenters. The van der Waals surface area contributed by atoms with Crippen LogP contribution in [0, 0.1) is 0 Å². The predicted molar refractivity (Wildman–Crippen MR) is 87.9 cm³/mol. The summed E-state index contributed by atoms with van der Waals surface area (Å²) in [4.78, 5) is 0. The number of nitrogens with one attached hydrogen (secondary N) is 1. The molecular weight excluding hydrogens is 289 g/mol. The first-order valence-electron chi connectivity index (χ1n) is 6.75. The van der Waals surface area contributed by atoms with Crippen molar-refractivity contribution in [1.29, 1.82) is 0 Å². The number of hydrogen-bond donors (Lipinski definition) is 1. The molecule has 3 heteroatoms. The first-order chi connectivity index (χ1) is 9.54. The van der Waals surface area contributed by atoms with Gasteiger partial charge in [0.1, 0.15) is 0 Å². The smallest absolute Gasteiger partial charge is 0.0595 e. The summed E-state index contributed by atoms with van der Waals surface area (Å²) in [5.74, 6) is 0.275. The molecule has 0 radical (unpaired) electrons. The summed E-state index contributed by atoms with van der Waals surface area (Å²) < 4.78 is 0. The number of hydrogen-bond acceptors (Lipinski definition) is 1. The fourth-order valence-corrected chi connectivity index (χ4v) is 2.75. The van der Waals surface area contributed by atoms with E-state index >= 15 is 0 Å². The van der Waals surface area contributed by atoms with Gasteiger partial charge in [-0.3, -0.25) is 0 Å². The molecule has 0 saturated heterocycles. The Kier molecular flexibility index (Phi) is 5.09. The zero-order chi connectivity index (χ0) is 14.7. The van der Waals surface area contributed by atoms with E-state index in [1.54, 1.807) is 0 Å². The molecule has 0 fully saturated rings. The molecule has 0 heterocycles. The Morgan fingerprint density at radius 1 is 0.900 bits per heavy atom. The predicted octanol–water partition coefficient (Wildman–Crippen LogP) is 5.43. The summed E-state index contributed by atoms with van der Waals surface area (Å²) in [5.41, 5.74) is 3.68. The first-order valence-corrected chi connectivity index (χ1v) is 7.51. The van der Waals surface area contributed by atoms with Gasteiger partial charge in [0.05, 0.1) is 10.0 Å². The zero-order valence-electron chi connectivity index (χ0n) is 12.0. The molecule has 0 aliphatic heterocycles. The van der Waals surface area contributed by atoms with Crippen LogP contribution in [-0.4, -0.2) is 7.05 Å². The van der Waals surface area contributed by atoms with Crippen LogP contribution in [0.15, 0.2) is 42.5 Å². The van der Waals surface area contributed by atoms with Crippen LogP contribution in [0.1, 0.15) is 42.5 Å². The first kappa shape index (κ1) is 15.4. The minimum absolute atomic E-state index is 0.228. The molecule has 0 aliphatic carbocycles. The third kappa shape index (κ3) is 3.17. The van der Waals surface area contributed by atoms with Crippen LogP contribution in [0.25, 0.3) is 0 Å². The van der Waals surface area contributed by atoms with E-state index in [1.807, 2.05) is 25.2 Å². The fourth-order valence-electron chi connectivity index (χ4n) is 2.40. The van der Waals surface area contributed by atoms with E-state index in [2.05, 4.69) is 43.4 Å². The van der Waals surface area contributed by atoms with Gasteiger partial charge in [0.15, 0.2) is 0 Å². The molecule has 2 aromatic rings. The van der Waals surface area contributed by atoms with E-state index in [0.29, 0.717) is 10.0 Å². The van der Waals surface area contributed by atoms with Gasteiger partial charge in [0, 0.05) is 12.0 Å². The normalized spacial score (nSPS) is 14.1. The Balaban J connectivity index is 2.52. The summed E-state index contributed by atoms with van der Waals surface area (Å²) in [6.45, 7) is 4.32. The van der Waals surface area contributed by atoms with Crippen molar-refractivity contribution in [3.05, 3.63) is 69.2 Å². The van der Waals surface area contributed by atoms with Crippen molar-refractivity contribution in [3.63, 3.8) is 0 Å². The lowest BCUT2D eigenvalue weighted by Gasteiger charge is -2.22. The van der Waals surface area contributed by atoms with Gasteiger partial charge in [-0.2, -0.15) is 0 Å². The van der Waals surface area contributed by atoms with Gasteiger partial charge >= 0.3 is 0 Å². The van der Waals surface area contributed by atoms with Crippen LogP contribution >= 0.6 is 23.2 Å². The van der Waals surface area contributed by atoms with Crippen LogP contribution < -0.4 is 5.32 Å². The molecule has 1 N–H and O–H groups in total. The standard InChI is InChI=1S/C17H19Cl2N/c1-11(13-7-5-4-6-8-13)14-9-16(18)17(19)10-15(14)12(2)20-3/h4-12,20H,1-3H3. The average Bonchev–Trinajstić information content (AvgIpc) is 2.49. The van der Waals surface area contributed by atoms with E-state index in [4.69, 9.17) is 23.2 Å². The van der Waals surface area contributed by atoms with Crippen molar-refractivity contribution in [2.45, 2.75) is 25.8 Å². The summed E-state index contributed by atoms with van der Waals surface area (Å²) in [7, 11) is 1.95. The van der Waals surface area contributed by atoms with Crippen molar-refractivity contribution < 1.29 is 0 Å². The molecule has 1 nitrogen and oxygen atoms in total. The molecule has 2 rings (SSSR count). The maximum Gasteiger partial charge on any atom is 0.0595 e. The number of halogens is 2. The van der Waals surface area contributed by atoms with Gasteiger partial charge < -0.3 is 5.32 Å². The van der Waals surface area contributed by atoms with Crippen molar-refractivity contribution in [2.75, 3.05) is 7.05 Å². The van der Waals surface area contributed by atoms with Crippen LogP contribution in [0.5, 0.6) is 0 Å². The highest BCUT2D eigenvalue weighted by Crippen LogP contribution is 2.35. The summed E-state index contributed by atoms with van der Waals surface area (Å²) >= 11 is 12.4. The molecule has 20 heavy (non-hydrogen) atoms. The van der Waals surface area contributed by atoms with Crippen molar-refractivity contribution in [1.82, 2.24) is 5.32 Å². The van der Waals surface area contributed by atoms with E-state index in [-0.39, 0.29) is 12.0 Å². The topological polar surface area (TPSA) is 12.0 Å². The number of rotatable bonds is 4. The molecule has 0 bridgehead atoms. The van der Waals surface area contributed by atoms with Gasteiger partial charge in [-0.25, -0.2) is 0 Å². The minimum atomic E-state index is 0.228. The molecule has 0 saturated carbocycles. The Labute approximate surface area is 130 Å². The van der Waals surface area contributed by atoms with E-state index in [9.17, 15) is 0 Å². The van der Waals surface area contributed by atoms with E-state index in [0.717, 1.165) is 0 Å². The monoisotopic (exact) mass is 307 g/mol. The van der Waals surface area contributed by atoms with Gasteiger partial charge in [0.25, 0.3) is 0 Å². The Bertz CT molecular complexity index is 581. The highest BCUT2D eigenvalue weighted by atomic mass is 35.5.